The van der Waals surface area contributed by atoms with E-state index in [2.05, 4.69) is 26.3 Å². The van der Waals surface area contributed by atoms with Crippen LogP contribution < -0.4 is 10.0 Å². The molecule has 0 aliphatic carbocycles. The maximum absolute atomic E-state index is 12.6. The number of hydrogen-bond acceptors (Lipinski definition) is 5. The van der Waals surface area contributed by atoms with Crippen molar-refractivity contribution in [1.82, 2.24) is 10.2 Å². The van der Waals surface area contributed by atoms with Gasteiger partial charge in [0.25, 0.3) is 10.0 Å². The number of rotatable bonds is 6. The summed E-state index contributed by atoms with van der Waals surface area (Å²) >= 11 is 0. The smallest absolute Gasteiger partial charge is 0.263 e. The molecular weight excluding hydrogens is 360 g/mol. The van der Waals surface area contributed by atoms with Gasteiger partial charge in [0.15, 0.2) is 5.82 Å². The quantitative estimate of drug-likeness (QED) is 0.677. The van der Waals surface area contributed by atoms with Crippen LogP contribution in [0, 0.1) is 20.8 Å². The number of sulfonamides is 1. The summed E-state index contributed by atoms with van der Waals surface area (Å²) in [6, 6.07) is 16.8. The van der Waals surface area contributed by atoms with Crippen molar-refractivity contribution in [3.05, 3.63) is 76.9 Å². The first kappa shape index (κ1) is 18.8. The highest BCUT2D eigenvalue weighted by atomic mass is 32.2. The van der Waals surface area contributed by atoms with Crippen LogP contribution in [0.15, 0.2) is 59.5 Å². The molecule has 3 rings (SSSR count). The molecule has 0 unspecified atom stereocenters. The molecule has 1 heterocycles. The predicted molar refractivity (Wildman–Crippen MR) is 107 cm³/mol. The zero-order valence-electron chi connectivity index (χ0n) is 15.5. The number of nitrogens with zero attached hydrogens (tertiary/aromatic N) is 2. The molecule has 0 saturated heterocycles. The minimum absolute atomic E-state index is 0.178. The molecule has 1 aromatic heterocycles. The largest absolute Gasteiger partial charge is 0.365 e. The maximum Gasteiger partial charge on any atom is 0.263 e. The summed E-state index contributed by atoms with van der Waals surface area (Å²) in [5, 5.41) is 11.2. The second-order valence-corrected chi connectivity index (χ2v) is 8.17. The summed E-state index contributed by atoms with van der Waals surface area (Å²) in [7, 11) is -3.71. The zero-order chi connectivity index (χ0) is 19.4. The Bertz CT molecular complexity index is 1050. The summed E-state index contributed by atoms with van der Waals surface area (Å²) in [4.78, 5) is 0.242. The van der Waals surface area contributed by atoms with Gasteiger partial charge in [-0.3, -0.25) is 4.72 Å². The Morgan fingerprint density at radius 2 is 1.56 bits per heavy atom. The van der Waals surface area contributed by atoms with Gasteiger partial charge in [0.1, 0.15) is 5.82 Å². The Labute approximate surface area is 159 Å². The number of aromatic nitrogens is 2. The van der Waals surface area contributed by atoms with E-state index in [1.165, 1.54) is 5.56 Å². The third-order valence-electron chi connectivity index (χ3n) is 4.09. The first-order valence-corrected chi connectivity index (χ1v) is 10.0. The van der Waals surface area contributed by atoms with Crippen molar-refractivity contribution in [3.63, 3.8) is 0 Å². The van der Waals surface area contributed by atoms with E-state index in [9.17, 15) is 8.42 Å². The second kappa shape index (κ2) is 7.75. The molecule has 3 aromatic rings. The molecule has 7 heteroatoms. The third kappa shape index (κ3) is 4.83. The lowest BCUT2D eigenvalue weighted by Crippen LogP contribution is -2.16. The summed E-state index contributed by atoms with van der Waals surface area (Å²) < 4.78 is 27.7. The van der Waals surface area contributed by atoms with Crippen molar-refractivity contribution in [2.24, 2.45) is 0 Å². The Morgan fingerprint density at radius 3 is 2.26 bits per heavy atom. The van der Waals surface area contributed by atoms with Crippen LogP contribution >= 0.6 is 0 Å². The van der Waals surface area contributed by atoms with E-state index in [4.69, 9.17) is 0 Å². The van der Waals surface area contributed by atoms with Crippen molar-refractivity contribution in [2.45, 2.75) is 32.2 Å². The van der Waals surface area contributed by atoms with Gasteiger partial charge in [-0.1, -0.05) is 42.0 Å². The van der Waals surface area contributed by atoms with Crippen LogP contribution in [0.1, 0.15) is 22.3 Å². The van der Waals surface area contributed by atoms with Crippen LogP contribution in [-0.4, -0.2) is 18.6 Å². The molecule has 0 bridgehead atoms. The van der Waals surface area contributed by atoms with Crippen molar-refractivity contribution in [2.75, 3.05) is 10.0 Å². The van der Waals surface area contributed by atoms with E-state index in [0.29, 0.717) is 17.9 Å². The number of anilines is 2. The molecule has 0 saturated carbocycles. The van der Waals surface area contributed by atoms with Crippen molar-refractivity contribution >= 4 is 21.7 Å². The summed E-state index contributed by atoms with van der Waals surface area (Å²) in [6.07, 6.45) is 0. The highest BCUT2D eigenvalue weighted by Crippen LogP contribution is 2.20. The van der Waals surface area contributed by atoms with Gasteiger partial charge in [-0.05, 0) is 55.7 Å². The lowest BCUT2D eigenvalue weighted by Gasteiger charge is -2.11. The van der Waals surface area contributed by atoms with Gasteiger partial charge in [-0.25, -0.2) is 8.42 Å². The Morgan fingerprint density at radius 1 is 0.852 bits per heavy atom. The van der Waals surface area contributed by atoms with Gasteiger partial charge in [0.2, 0.25) is 0 Å². The Hall–Kier alpha value is -2.93. The minimum Gasteiger partial charge on any atom is -0.365 e. The van der Waals surface area contributed by atoms with Crippen LogP contribution in [0.3, 0.4) is 0 Å². The average Bonchev–Trinajstić information content (AvgIpc) is 2.63. The number of nitrogens with one attached hydrogen (secondary N) is 2. The first-order chi connectivity index (χ1) is 12.8. The lowest BCUT2D eigenvalue weighted by atomic mass is 10.1. The fourth-order valence-electron chi connectivity index (χ4n) is 2.69. The average molecular weight is 382 g/mol. The van der Waals surface area contributed by atoms with Gasteiger partial charge in [-0.15, -0.1) is 10.2 Å². The van der Waals surface area contributed by atoms with E-state index in [1.807, 2.05) is 38.1 Å². The first-order valence-electron chi connectivity index (χ1n) is 8.57. The maximum atomic E-state index is 12.6. The minimum atomic E-state index is -3.71. The van der Waals surface area contributed by atoms with Crippen molar-refractivity contribution in [1.29, 1.82) is 0 Å². The van der Waals surface area contributed by atoms with Gasteiger partial charge >= 0.3 is 0 Å². The van der Waals surface area contributed by atoms with Crippen LogP contribution in [0.4, 0.5) is 11.6 Å². The zero-order valence-corrected chi connectivity index (χ0v) is 16.3. The van der Waals surface area contributed by atoms with Gasteiger partial charge in [-0.2, -0.15) is 0 Å². The predicted octanol–water partition coefficient (Wildman–Crippen LogP) is 3.81. The van der Waals surface area contributed by atoms with E-state index in [-0.39, 0.29) is 10.7 Å². The number of hydrogen-bond donors (Lipinski definition) is 2. The Kier molecular flexibility index (Phi) is 5.41. The third-order valence-corrected chi connectivity index (χ3v) is 5.59. The van der Waals surface area contributed by atoms with Gasteiger partial charge < -0.3 is 5.32 Å². The van der Waals surface area contributed by atoms with Crippen molar-refractivity contribution in [3.8, 4) is 0 Å². The van der Waals surface area contributed by atoms with E-state index in [0.717, 1.165) is 11.1 Å². The van der Waals surface area contributed by atoms with Crippen LogP contribution in [0.2, 0.25) is 0 Å². The highest BCUT2D eigenvalue weighted by Gasteiger charge is 2.18. The fraction of sp³-hybridized carbons (Fsp3) is 0.200. The van der Waals surface area contributed by atoms with Gasteiger partial charge in [0.05, 0.1) is 4.90 Å². The number of benzene rings is 2. The highest BCUT2D eigenvalue weighted by molar-refractivity contribution is 7.92. The van der Waals surface area contributed by atoms with Crippen LogP contribution in [0.5, 0.6) is 0 Å². The molecular formula is C20H22N4O2S. The molecule has 0 atom stereocenters. The van der Waals surface area contributed by atoms with Crippen LogP contribution in [-0.2, 0) is 16.6 Å². The number of aryl methyl sites for hydroxylation is 3. The molecule has 0 aliphatic rings. The second-order valence-electron chi connectivity index (χ2n) is 6.52. The molecule has 2 N–H and O–H groups in total. The van der Waals surface area contributed by atoms with E-state index in [1.54, 1.807) is 31.2 Å². The molecule has 0 radical (unpaired) electrons. The van der Waals surface area contributed by atoms with Crippen molar-refractivity contribution < 1.29 is 8.42 Å². The van der Waals surface area contributed by atoms with Gasteiger partial charge in [0, 0.05) is 6.54 Å². The standard InChI is InChI=1S/C20H22N4O2S/c1-14-5-4-6-17(11-14)13-21-19-9-10-20(23-22-19)24-27(25,26)18-12-15(2)7-8-16(18)3/h4-12H,13H2,1-3H3,(H,21,22)(H,23,24). The Balaban J connectivity index is 1.69. The summed E-state index contributed by atoms with van der Waals surface area (Å²) in [5.41, 5.74) is 3.88. The molecule has 0 aliphatic heterocycles. The monoisotopic (exact) mass is 382 g/mol. The molecule has 2 aromatic carbocycles. The van der Waals surface area contributed by atoms with E-state index >= 15 is 0 Å². The molecule has 0 spiro atoms. The summed E-state index contributed by atoms with van der Waals surface area (Å²) in [5.74, 6) is 0.753. The van der Waals surface area contributed by atoms with E-state index < -0.39 is 10.0 Å². The van der Waals surface area contributed by atoms with Crippen LogP contribution in [0.25, 0.3) is 0 Å². The molecule has 0 fully saturated rings. The molecule has 27 heavy (non-hydrogen) atoms. The fourth-order valence-corrected chi connectivity index (χ4v) is 4.01. The topological polar surface area (TPSA) is 84.0 Å². The summed E-state index contributed by atoms with van der Waals surface area (Å²) in [6.45, 7) is 6.27. The lowest BCUT2D eigenvalue weighted by molar-refractivity contribution is 0.600. The normalized spacial score (nSPS) is 11.2. The molecule has 140 valence electrons. The molecule has 6 nitrogen and oxygen atoms in total. The SMILES string of the molecule is Cc1cccc(CNc2ccc(NS(=O)(=O)c3cc(C)ccc3C)nn2)c1. The molecule has 0 amide bonds.